The molecule has 2 aromatic rings. The van der Waals surface area contributed by atoms with E-state index in [1.807, 2.05) is 11.9 Å². The quantitative estimate of drug-likeness (QED) is 0.654. The van der Waals surface area contributed by atoms with Crippen LogP contribution in [0.25, 0.3) is 0 Å². The summed E-state index contributed by atoms with van der Waals surface area (Å²) in [7, 11) is 1.94. The molecule has 0 aliphatic rings. The summed E-state index contributed by atoms with van der Waals surface area (Å²) in [6, 6.07) is 6.45. The van der Waals surface area contributed by atoms with Gasteiger partial charge >= 0.3 is 0 Å². The molecular weight excluding hydrogens is 269 g/mol. The van der Waals surface area contributed by atoms with Crippen LogP contribution in [-0.2, 0) is 6.54 Å². The number of rotatable bonds is 5. The van der Waals surface area contributed by atoms with E-state index in [1.165, 1.54) is 18.5 Å². The van der Waals surface area contributed by atoms with Gasteiger partial charge in [-0.15, -0.1) is 0 Å². The van der Waals surface area contributed by atoms with Gasteiger partial charge in [-0.25, -0.2) is 20.2 Å². The highest BCUT2D eigenvalue weighted by Crippen LogP contribution is 2.30. The van der Waals surface area contributed by atoms with Crippen molar-refractivity contribution in [1.29, 1.82) is 0 Å². The first-order valence-corrected chi connectivity index (χ1v) is 6.80. The van der Waals surface area contributed by atoms with Gasteiger partial charge in [-0.3, -0.25) is 0 Å². The molecule has 0 spiro atoms. The number of hydrogen-bond donors (Lipinski definition) is 2. The van der Waals surface area contributed by atoms with Crippen molar-refractivity contribution in [3.8, 4) is 0 Å². The van der Waals surface area contributed by atoms with Crippen molar-refractivity contribution >= 4 is 11.6 Å². The Morgan fingerprint density at radius 2 is 1.90 bits per heavy atom. The number of halogens is 1. The number of nitrogen functional groups attached to an aromatic ring is 1. The average Bonchev–Trinajstić information content (AvgIpc) is 2.48. The number of hydrogen-bond acceptors (Lipinski definition) is 5. The molecule has 0 atom stereocenters. The number of nitrogens with one attached hydrogen (secondary N) is 1. The molecule has 0 unspecified atom stereocenters. The third-order valence-electron chi connectivity index (χ3n) is 3.27. The lowest BCUT2D eigenvalue weighted by Crippen LogP contribution is -2.22. The van der Waals surface area contributed by atoms with Gasteiger partial charge in [0, 0.05) is 19.2 Å². The number of anilines is 2. The summed E-state index contributed by atoms with van der Waals surface area (Å²) in [4.78, 5) is 10.5. The van der Waals surface area contributed by atoms with Crippen molar-refractivity contribution in [1.82, 2.24) is 9.97 Å². The highest BCUT2D eigenvalue weighted by atomic mass is 19.1. The summed E-state index contributed by atoms with van der Waals surface area (Å²) >= 11 is 0. The molecule has 1 aromatic heterocycles. The van der Waals surface area contributed by atoms with Crippen LogP contribution in [0.1, 0.15) is 30.9 Å². The third-order valence-corrected chi connectivity index (χ3v) is 3.27. The van der Waals surface area contributed by atoms with E-state index in [0.29, 0.717) is 12.4 Å². The van der Waals surface area contributed by atoms with Gasteiger partial charge in [-0.1, -0.05) is 26.0 Å². The smallest absolute Gasteiger partial charge is 0.148 e. The molecule has 6 heteroatoms. The molecular formula is C15H20FN5. The van der Waals surface area contributed by atoms with Gasteiger partial charge in [-0.05, 0) is 23.6 Å². The fourth-order valence-electron chi connectivity index (χ4n) is 2.28. The Balaban J connectivity index is 2.30. The topological polar surface area (TPSA) is 67.1 Å². The number of hydrazine groups is 1. The molecule has 0 fully saturated rings. The maximum atomic E-state index is 13.0. The Labute approximate surface area is 124 Å². The normalized spacial score (nSPS) is 10.8. The highest BCUT2D eigenvalue weighted by Gasteiger charge is 2.17. The van der Waals surface area contributed by atoms with Gasteiger partial charge in [0.1, 0.15) is 23.8 Å². The second-order valence-electron chi connectivity index (χ2n) is 5.24. The van der Waals surface area contributed by atoms with Crippen LogP contribution >= 0.6 is 0 Å². The molecule has 0 aliphatic heterocycles. The summed E-state index contributed by atoms with van der Waals surface area (Å²) in [5.41, 5.74) is 4.59. The van der Waals surface area contributed by atoms with Crippen LogP contribution in [0.5, 0.6) is 0 Å². The summed E-state index contributed by atoms with van der Waals surface area (Å²) in [5.74, 6) is 6.96. The Kier molecular flexibility index (Phi) is 4.70. The largest absolute Gasteiger partial charge is 0.355 e. The van der Waals surface area contributed by atoms with Crippen LogP contribution in [-0.4, -0.2) is 17.0 Å². The molecule has 3 N–H and O–H groups in total. The van der Waals surface area contributed by atoms with Crippen LogP contribution < -0.4 is 16.2 Å². The van der Waals surface area contributed by atoms with E-state index in [-0.39, 0.29) is 11.7 Å². The van der Waals surface area contributed by atoms with Gasteiger partial charge < -0.3 is 10.3 Å². The molecule has 5 nitrogen and oxygen atoms in total. The van der Waals surface area contributed by atoms with Crippen molar-refractivity contribution < 1.29 is 4.39 Å². The van der Waals surface area contributed by atoms with Crippen molar-refractivity contribution in [3.05, 3.63) is 47.5 Å². The van der Waals surface area contributed by atoms with E-state index in [2.05, 4.69) is 29.2 Å². The molecule has 2 rings (SSSR count). The van der Waals surface area contributed by atoms with E-state index in [1.54, 1.807) is 12.1 Å². The highest BCUT2D eigenvalue weighted by molar-refractivity contribution is 5.59. The minimum atomic E-state index is -0.235. The van der Waals surface area contributed by atoms with Crippen molar-refractivity contribution in [3.63, 3.8) is 0 Å². The van der Waals surface area contributed by atoms with Gasteiger partial charge in [0.2, 0.25) is 0 Å². The summed E-state index contributed by atoms with van der Waals surface area (Å²) < 4.78 is 13.0. The van der Waals surface area contributed by atoms with Crippen LogP contribution in [0.2, 0.25) is 0 Å². The van der Waals surface area contributed by atoms with Crippen LogP contribution in [0, 0.1) is 5.82 Å². The predicted octanol–water partition coefficient (Wildman–Crippen LogP) is 2.66. The zero-order chi connectivity index (χ0) is 15.4. The Bertz CT molecular complexity index is 598. The van der Waals surface area contributed by atoms with Crippen LogP contribution in [0.3, 0.4) is 0 Å². The molecule has 21 heavy (non-hydrogen) atoms. The number of nitrogens with two attached hydrogens (primary N) is 1. The zero-order valence-electron chi connectivity index (χ0n) is 12.5. The van der Waals surface area contributed by atoms with Crippen molar-refractivity contribution in [2.45, 2.75) is 26.3 Å². The molecule has 0 saturated carbocycles. The minimum absolute atomic E-state index is 0.225. The first-order valence-electron chi connectivity index (χ1n) is 6.80. The first kappa shape index (κ1) is 15.2. The molecule has 0 amide bonds. The number of benzene rings is 1. The van der Waals surface area contributed by atoms with E-state index in [4.69, 9.17) is 5.84 Å². The average molecular weight is 289 g/mol. The third kappa shape index (κ3) is 3.46. The lowest BCUT2D eigenvalue weighted by atomic mass is 10.0. The molecule has 0 saturated heterocycles. The summed E-state index contributed by atoms with van der Waals surface area (Å²) in [6.45, 7) is 4.75. The molecule has 1 heterocycles. The molecule has 0 aliphatic carbocycles. The summed E-state index contributed by atoms with van der Waals surface area (Å²) in [6.07, 6.45) is 1.48. The van der Waals surface area contributed by atoms with Crippen LogP contribution in [0.4, 0.5) is 16.0 Å². The molecule has 112 valence electrons. The maximum Gasteiger partial charge on any atom is 0.148 e. The maximum absolute atomic E-state index is 13.0. The number of aromatic nitrogens is 2. The van der Waals surface area contributed by atoms with E-state index in [9.17, 15) is 4.39 Å². The van der Waals surface area contributed by atoms with Gasteiger partial charge in [0.15, 0.2) is 0 Å². The molecule has 0 radical (unpaired) electrons. The van der Waals surface area contributed by atoms with Gasteiger partial charge in [-0.2, -0.15) is 0 Å². The minimum Gasteiger partial charge on any atom is -0.355 e. The van der Waals surface area contributed by atoms with Crippen LogP contribution in [0.15, 0.2) is 30.6 Å². The molecule has 1 aromatic carbocycles. The Morgan fingerprint density at radius 1 is 1.24 bits per heavy atom. The first-order chi connectivity index (χ1) is 10.0. The summed E-state index contributed by atoms with van der Waals surface area (Å²) in [5, 5.41) is 0. The monoisotopic (exact) mass is 289 g/mol. The van der Waals surface area contributed by atoms with Crippen molar-refractivity contribution in [2.24, 2.45) is 5.84 Å². The zero-order valence-corrected chi connectivity index (χ0v) is 12.5. The van der Waals surface area contributed by atoms with Crippen molar-refractivity contribution in [2.75, 3.05) is 17.4 Å². The van der Waals surface area contributed by atoms with Gasteiger partial charge in [0.05, 0.1) is 0 Å². The second kappa shape index (κ2) is 6.49. The Hall–Kier alpha value is -2.21. The predicted molar refractivity (Wildman–Crippen MR) is 82.4 cm³/mol. The number of nitrogens with zero attached hydrogens (tertiary/aromatic N) is 3. The SMILES string of the molecule is CC(C)c1c(NN)ncnc1N(C)Cc1ccc(F)cc1. The lowest BCUT2D eigenvalue weighted by molar-refractivity contribution is 0.627. The Morgan fingerprint density at radius 3 is 2.48 bits per heavy atom. The van der Waals surface area contributed by atoms with E-state index in [0.717, 1.165) is 16.9 Å². The lowest BCUT2D eigenvalue weighted by Gasteiger charge is -2.24. The van der Waals surface area contributed by atoms with Gasteiger partial charge in [0.25, 0.3) is 0 Å². The fourth-order valence-corrected chi connectivity index (χ4v) is 2.28. The molecule has 0 bridgehead atoms. The standard InChI is InChI=1S/C15H20FN5/c1-10(2)13-14(20-17)18-9-19-15(13)21(3)8-11-4-6-12(16)7-5-11/h4-7,9-10H,8,17H2,1-3H3,(H,18,19,20). The van der Waals surface area contributed by atoms with E-state index < -0.39 is 0 Å². The fraction of sp³-hybridized carbons (Fsp3) is 0.333. The second-order valence-corrected chi connectivity index (χ2v) is 5.24. The van der Waals surface area contributed by atoms with E-state index >= 15 is 0 Å².